The standard InChI is InChI=1S/C20H33N3O3/c1-2-21-20(22-11-7-13-24-17-19-10-6-14-26-19)23-12-15-25-16-18-8-4-3-5-9-18/h3-5,8-9,19H,2,6-7,10-17H2,1H3,(H2,21,22,23). The molecule has 0 saturated carbocycles. The topological polar surface area (TPSA) is 64.1 Å². The van der Waals surface area contributed by atoms with E-state index in [9.17, 15) is 0 Å². The van der Waals surface area contributed by atoms with E-state index in [1.807, 2.05) is 18.2 Å². The van der Waals surface area contributed by atoms with E-state index in [1.54, 1.807) is 0 Å². The van der Waals surface area contributed by atoms with Crippen LogP contribution in [0.5, 0.6) is 0 Å². The lowest BCUT2D eigenvalue weighted by Crippen LogP contribution is -2.39. The molecule has 146 valence electrons. The Morgan fingerprint density at radius 2 is 2.08 bits per heavy atom. The van der Waals surface area contributed by atoms with E-state index in [0.29, 0.717) is 25.9 Å². The third kappa shape index (κ3) is 9.17. The van der Waals surface area contributed by atoms with Gasteiger partial charge in [0.25, 0.3) is 0 Å². The lowest BCUT2D eigenvalue weighted by Gasteiger charge is -2.12. The second-order valence-electron chi connectivity index (χ2n) is 6.29. The van der Waals surface area contributed by atoms with Crippen LogP contribution in [0.15, 0.2) is 35.3 Å². The molecule has 0 spiro atoms. The zero-order valence-corrected chi connectivity index (χ0v) is 15.9. The maximum Gasteiger partial charge on any atom is 0.191 e. The molecule has 1 aliphatic heterocycles. The summed E-state index contributed by atoms with van der Waals surface area (Å²) in [5.41, 5.74) is 1.19. The first-order chi connectivity index (χ1) is 12.9. The molecule has 1 saturated heterocycles. The van der Waals surface area contributed by atoms with Crippen molar-refractivity contribution in [1.82, 2.24) is 10.6 Å². The maximum absolute atomic E-state index is 5.68. The van der Waals surface area contributed by atoms with Gasteiger partial charge < -0.3 is 24.8 Å². The van der Waals surface area contributed by atoms with Crippen molar-refractivity contribution < 1.29 is 14.2 Å². The molecule has 2 rings (SSSR count). The van der Waals surface area contributed by atoms with Crippen molar-refractivity contribution in [2.45, 2.75) is 38.9 Å². The highest BCUT2D eigenvalue weighted by molar-refractivity contribution is 5.79. The molecule has 0 radical (unpaired) electrons. The van der Waals surface area contributed by atoms with Crippen LogP contribution in [0.4, 0.5) is 0 Å². The van der Waals surface area contributed by atoms with Gasteiger partial charge in [-0.25, -0.2) is 0 Å². The first-order valence-electron chi connectivity index (χ1n) is 9.71. The summed E-state index contributed by atoms with van der Waals surface area (Å²) < 4.78 is 16.9. The Morgan fingerprint density at radius 3 is 2.85 bits per heavy atom. The van der Waals surface area contributed by atoms with Crippen molar-refractivity contribution >= 4 is 5.96 Å². The Balaban J connectivity index is 1.51. The molecule has 6 nitrogen and oxygen atoms in total. The highest BCUT2D eigenvalue weighted by Gasteiger charge is 2.14. The van der Waals surface area contributed by atoms with Crippen LogP contribution in [0.2, 0.25) is 0 Å². The van der Waals surface area contributed by atoms with Gasteiger partial charge in [-0.1, -0.05) is 30.3 Å². The highest BCUT2D eigenvalue weighted by Crippen LogP contribution is 2.11. The molecule has 0 bridgehead atoms. The Hall–Kier alpha value is -1.63. The Bertz CT molecular complexity index is 490. The van der Waals surface area contributed by atoms with Gasteiger partial charge in [-0.2, -0.15) is 0 Å². The summed E-state index contributed by atoms with van der Waals surface area (Å²) in [6, 6.07) is 10.2. The maximum atomic E-state index is 5.68. The summed E-state index contributed by atoms with van der Waals surface area (Å²) in [6.07, 6.45) is 3.49. The number of hydrogen-bond donors (Lipinski definition) is 2. The first-order valence-corrected chi connectivity index (χ1v) is 9.71. The molecule has 26 heavy (non-hydrogen) atoms. The molecule has 1 unspecified atom stereocenters. The van der Waals surface area contributed by atoms with Gasteiger partial charge in [-0.05, 0) is 31.7 Å². The minimum Gasteiger partial charge on any atom is -0.379 e. The van der Waals surface area contributed by atoms with Crippen molar-refractivity contribution in [3.05, 3.63) is 35.9 Å². The number of aliphatic imine (C=N–C) groups is 1. The van der Waals surface area contributed by atoms with Crippen molar-refractivity contribution in [2.24, 2.45) is 4.99 Å². The number of benzene rings is 1. The minimum absolute atomic E-state index is 0.299. The molecule has 1 atom stereocenters. The van der Waals surface area contributed by atoms with E-state index in [2.05, 4.69) is 34.7 Å². The average molecular weight is 364 g/mol. The molecule has 6 heteroatoms. The summed E-state index contributed by atoms with van der Waals surface area (Å²) in [7, 11) is 0. The molecule has 1 aromatic carbocycles. The third-order valence-corrected chi connectivity index (χ3v) is 4.04. The van der Waals surface area contributed by atoms with E-state index in [4.69, 9.17) is 14.2 Å². The van der Waals surface area contributed by atoms with Crippen LogP contribution in [0.1, 0.15) is 31.7 Å². The molecule has 0 aromatic heterocycles. The van der Waals surface area contributed by atoms with Gasteiger partial charge in [-0.3, -0.25) is 4.99 Å². The van der Waals surface area contributed by atoms with E-state index in [-0.39, 0.29) is 0 Å². The molecule has 1 heterocycles. The fraction of sp³-hybridized carbons (Fsp3) is 0.650. The van der Waals surface area contributed by atoms with Crippen molar-refractivity contribution in [3.8, 4) is 0 Å². The lowest BCUT2D eigenvalue weighted by molar-refractivity contribution is 0.0171. The van der Waals surface area contributed by atoms with Gasteiger partial charge in [0.1, 0.15) is 0 Å². The number of rotatable bonds is 12. The van der Waals surface area contributed by atoms with Gasteiger partial charge >= 0.3 is 0 Å². The summed E-state index contributed by atoms with van der Waals surface area (Å²) in [5.74, 6) is 0.829. The van der Waals surface area contributed by atoms with Crippen LogP contribution in [0, 0.1) is 0 Å². The summed E-state index contributed by atoms with van der Waals surface area (Å²) in [4.78, 5) is 4.57. The Morgan fingerprint density at radius 1 is 1.19 bits per heavy atom. The third-order valence-electron chi connectivity index (χ3n) is 4.04. The summed E-state index contributed by atoms with van der Waals surface area (Å²) >= 11 is 0. The van der Waals surface area contributed by atoms with Gasteiger partial charge in [0, 0.05) is 32.8 Å². The monoisotopic (exact) mass is 363 g/mol. The molecule has 0 aliphatic carbocycles. The summed E-state index contributed by atoms with van der Waals surface area (Å²) in [5, 5.41) is 6.55. The number of hydrogen-bond acceptors (Lipinski definition) is 4. The van der Waals surface area contributed by atoms with Crippen molar-refractivity contribution in [2.75, 3.05) is 46.1 Å². The van der Waals surface area contributed by atoms with E-state index >= 15 is 0 Å². The number of nitrogens with one attached hydrogen (secondary N) is 2. The van der Waals surface area contributed by atoms with Gasteiger partial charge in [0.05, 0.1) is 25.9 Å². The zero-order valence-electron chi connectivity index (χ0n) is 15.9. The fourth-order valence-electron chi connectivity index (χ4n) is 2.70. The van der Waals surface area contributed by atoms with Crippen molar-refractivity contribution in [3.63, 3.8) is 0 Å². The number of guanidine groups is 1. The molecule has 2 N–H and O–H groups in total. The molecular formula is C20H33N3O3. The first kappa shape index (κ1) is 20.7. The zero-order chi connectivity index (χ0) is 18.3. The molecule has 1 aliphatic rings. The van der Waals surface area contributed by atoms with E-state index in [0.717, 1.165) is 58.1 Å². The van der Waals surface area contributed by atoms with Crippen LogP contribution in [-0.4, -0.2) is 58.1 Å². The quantitative estimate of drug-likeness (QED) is 0.339. The van der Waals surface area contributed by atoms with Gasteiger partial charge in [0.2, 0.25) is 0 Å². The number of ether oxygens (including phenoxy) is 3. The van der Waals surface area contributed by atoms with Crippen molar-refractivity contribution in [1.29, 1.82) is 0 Å². The predicted molar refractivity (Wildman–Crippen MR) is 104 cm³/mol. The predicted octanol–water partition coefficient (Wildman–Crippen LogP) is 2.34. The SMILES string of the molecule is CCNC(=NCCCOCC1CCCO1)NCCOCc1ccccc1. The minimum atomic E-state index is 0.299. The van der Waals surface area contributed by atoms with E-state index < -0.39 is 0 Å². The second kappa shape index (κ2) is 13.6. The fourth-order valence-corrected chi connectivity index (χ4v) is 2.70. The van der Waals surface area contributed by atoms with Crippen LogP contribution in [0.25, 0.3) is 0 Å². The molecule has 1 fully saturated rings. The normalized spacial score (nSPS) is 17.4. The van der Waals surface area contributed by atoms with E-state index in [1.165, 1.54) is 5.56 Å². The van der Waals surface area contributed by atoms with Crippen LogP contribution >= 0.6 is 0 Å². The van der Waals surface area contributed by atoms with Crippen LogP contribution in [-0.2, 0) is 20.8 Å². The van der Waals surface area contributed by atoms with Gasteiger partial charge in [-0.15, -0.1) is 0 Å². The number of nitrogens with zero attached hydrogens (tertiary/aromatic N) is 1. The molecular weight excluding hydrogens is 330 g/mol. The summed E-state index contributed by atoms with van der Waals surface area (Å²) in [6.45, 7) is 7.97. The largest absolute Gasteiger partial charge is 0.379 e. The molecule has 1 aromatic rings. The lowest BCUT2D eigenvalue weighted by atomic mass is 10.2. The Labute approximate surface area is 157 Å². The van der Waals surface area contributed by atoms with Crippen LogP contribution in [0.3, 0.4) is 0 Å². The highest BCUT2D eigenvalue weighted by atomic mass is 16.5. The average Bonchev–Trinajstić information content (AvgIpc) is 3.18. The smallest absolute Gasteiger partial charge is 0.191 e. The van der Waals surface area contributed by atoms with Crippen LogP contribution < -0.4 is 10.6 Å². The Kier molecular flexibility index (Phi) is 10.8. The second-order valence-corrected chi connectivity index (χ2v) is 6.29. The van der Waals surface area contributed by atoms with Gasteiger partial charge in [0.15, 0.2) is 5.96 Å². The molecule has 0 amide bonds.